The molecule has 0 aliphatic heterocycles. The summed E-state index contributed by atoms with van der Waals surface area (Å²) in [5.41, 5.74) is 8.87. The molecule has 5 aromatic rings. The third-order valence-corrected chi connectivity index (χ3v) is 6.35. The van der Waals surface area contributed by atoms with Gasteiger partial charge < -0.3 is 4.90 Å². The third kappa shape index (κ3) is 5.21. The molecule has 0 atom stereocenters. The number of hydrogen-bond acceptors (Lipinski definition) is 1. The molecule has 170 valence electrons. The van der Waals surface area contributed by atoms with E-state index in [1.807, 2.05) is 24.3 Å². The minimum Gasteiger partial charge on any atom is -0.310 e. The highest BCUT2D eigenvalue weighted by atomic mass is 35.5. The third-order valence-electron chi connectivity index (χ3n) is 6.02. The van der Waals surface area contributed by atoms with Gasteiger partial charge in [-0.3, -0.25) is 0 Å². The van der Waals surface area contributed by atoms with Crippen LogP contribution in [-0.2, 0) is 0 Å². The van der Waals surface area contributed by atoms with Crippen molar-refractivity contribution in [1.82, 2.24) is 0 Å². The summed E-state index contributed by atoms with van der Waals surface area (Å²) < 4.78 is 0. The number of rotatable bonds is 6. The number of halogens is 1. The van der Waals surface area contributed by atoms with Gasteiger partial charge in [-0.05, 0) is 71.7 Å². The van der Waals surface area contributed by atoms with E-state index in [9.17, 15) is 0 Å². The standard InChI is InChI=1S/C33H26ClN/c1-25-17-19-27(20-18-25)32(26-11-5-2-6-12-26)23-28-21-22-31(24-33(28)34)35(29-13-7-3-8-14-29)30-15-9-4-10-16-30/h2-24H,1H3. The van der Waals surface area contributed by atoms with Gasteiger partial charge in [-0.25, -0.2) is 0 Å². The second kappa shape index (κ2) is 10.5. The maximum atomic E-state index is 6.92. The molecule has 0 N–H and O–H groups in total. The molecule has 0 aliphatic rings. The fourth-order valence-corrected chi connectivity index (χ4v) is 4.44. The number of para-hydroxylation sites is 2. The molecule has 5 aromatic carbocycles. The normalized spacial score (nSPS) is 11.3. The van der Waals surface area contributed by atoms with E-state index in [2.05, 4.69) is 127 Å². The van der Waals surface area contributed by atoms with Crippen molar-refractivity contribution in [2.45, 2.75) is 6.92 Å². The van der Waals surface area contributed by atoms with Crippen molar-refractivity contribution in [3.63, 3.8) is 0 Å². The van der Waals surface area contributed by atoms with E-state index in [0.717, 1.165) is 39.3 Å². The van der Waals surface area contributed by atoms with Crippen LogP contribution in [0.25, 0.3) is 11.6 Å². The van der Waals surface area contributed by atoms with Crippen molar-refractivity contribution in [2.75, 3.05) is 4.90 Å². The van der Waals surface area contributed by atoms with Gasteiger partial charge in [0.15, 0.2) is 0 Å². The Morgan fingerprint density at radius 2 is 1.09 bits per heavy atom. The highest BCUT2D eigenvalue weighted by molar-refractivity contribution is 6.32. The number of anilines is 3. The number of hydrogen-bond donors (Lipinski definition) is 0. The molecule has 0 saturated heterocycles. The second-order valence-electron chi connectivity index (χ2n) is 8.50. The molecular formula is C33H26ClN. The van der Waals surface area contributed by atoms with Crippen molar-refractivity contribution in [3.05, 3.63) is 161 Å². The van der Waals surface area contributed by atoms with Crippen LogP contribution in [0.3, 0.4) is 0 Å². The first-order valence-corrected chi connectivity index (χ1v) is 12.1. The van der Waals surface area contributed by atoms with Crippen LogP contribution < -0.4 is 4.90 Å². The summed E-state index contributed by atoms with van der Waals surface area (Å²) in [5.74, 6) is 0. The van der Waals surface area contributed by atoms with E-state index in [1.165, 1.54) is 5.56 Å². The highest BCUT2D eigenvalue weighted by Gasteiger charge is 2.14. The van der Waals surface area contributed by atoms with Gasteiger partial charge in [-0.2, -0.15) is 0 Å². The fraction of sp³-hybridized carbons (Fsp3) is 0.0303. The van der Waals surface area contributed by atoms with Crippen molar-refractivity contribution in [2.24, 2.45) is 0 Å². The summed E-state index contributed by atoms with van der Waals surface area (Å²) in [6, 6.07) is 46.1. The summed E-state index contributed by atoms with van der Waals surface area (Å²) in [7, 11) is 0. The minimum absolute atomic E-state index is 0.708. The maximum Gasteiger partial charge on any atom is 0.0499 e. The molecule has 0 aliphatic carbocycles. The van der Waals surface area contributed by atoms with E-state index in [4.69, 9.17) is 11.6 Å². The number of benzene rings is 5. The van der Waals surface area contributed by atoms with Gasteiger partial charge in [-0.1, -0.05) is 114 Å². The second-order valence-corrected chi connectivity index (χ2v) is 8.91. The molecule has 35 heavy (non-hydrogen) atoms. The SMILES string of the molecule is Cc1ccc(C(=Cc2ccc(N(c3ccccc3)c3ccccc3)cc2Cl)c2ccccc2)cc1. The largest absolute Gasteiger partial charge is 0.310 e. The molecule has 2 heteroatoms. The van der Waals surface area contributed by atoms with Gasteiger partial charge >= 0.3 is 0 Å². The Kier molecular flexibility index (Phi) is 6.79. The van der Waals surface area contributed by atoms with Crippen molar-refractivity contribution < 1.29 is 0 Å². The average molecular weight is 472 g/mol. The lowest BCUT2D eigenvalue weighted by molar-refractivity contribution is 1.28. The zero-order valence-corrected chi connectivity index (χ0v) is 20.4. The predicted octanol–water partition coefficient (Wildman–Crippen LogP) is 9.71. The zero-order chi connectivity index (χ0) is 24.0. The lowest BCUT2D eigenvalue weighted by atomic mass is 9.95. The van der Waals surface area contributed by atoms with Crippen LogP contribution in [-0.4, -0.2) is 0 Å². The van der Waals surface area contributed by atoms with E-state index in [0.29, 0.717) is 5.02 Å². The molecule has 0 unspecified atom stereocenters. The van der Waals surface area contributed by atoms with Gasteiger partial charge in [0.05, 0.1) is 0 Å². The quantitative estimate of drug-likeness (QED) is 0.223. The smallest absolute Gasteiger partial charge is 0.0499 e. The Bertz CT molecular complexity index is 1380. The van der Waals surface area contributed by atoms with E-state index in [1.54, 1.807) is 0 Å². The van der Waals surface area contributed by atoms with Crippen LogP contribution in [0, 0.1) is 6.92 Å². The predicted molar refractivity (Wildman–Crippen MR) is 151 cm³/mol. The van der Waals surface area contributed by atoms with Gasteiger partial charge in [0.25, 0.3) is 0 Å². The molecular weight excluding hydrogens is 446 g/mol. The van der Waals surface area contributed by atoms with Gasteiger partial charge in [0, 0.05) is 22.1 Å². The van der Waals surface area contributed by atoms with E-state index in [-0.39, 0.29) is 0 Å². The summed E-state index contributed by atoms with van der Waals surface area (Å²) in [6.45, 7) is 2.11. The minimum atomic E-state index is 0.708. The maximum absolute atomic E-state index is 6.92. The molecule has 0 fully saturated rings. The molecule has 5 rings (SSSR count). The van der Waals surface area contributed by atoms with Crippen LogP contribution in [0.2, 0.25) is 5.02 Å². The lowest BCUT2D eigenvalue weighted by Gasteiger charge is -2.25. The Morgan fingerprint density at radius 1 is 0.571 bits per heavy atom. The zero-order valence-electron chi connectivity index (χ0n) is 19.6. The van der Waals surface area contributed by atoms with Gasteiger partial charge in [0.1, 0.15) is 0 Å². The van der Waals surface area contributed by atoms with E-state index >= 15 is 0 Å². The summed E-state index contributed by atoms with van der Waals surface area (Å²) in [5, 5.41) is 0.708. The first-order chi connectivity index (χ1) is 17.2. The molecule has 0 spiro atoms. The summed E-state index contributed by atoms with van der Waals surface area (Å²) in [4.78, 5) is 2.22. The Hall–Kier alpha value is -4.07. The fourth-order valence-electron chi connectivity index (χ4n) is 4.21. The molecule has 0 radical (unpaired) electrons. The number of aryl methyl sites for hydroxylation is 1. The highest BCUT2D eigenvalue weighted by Crippen LogP contribution is 2.37. The van der Waals surface area contributed by atoms with Crippen LogP contribution in [0.1, 0.15) is 22.3 Å². The van der Waals surface area contributed by atoms with Crippen LogP contribution in [0.4, 0.5) is 17.1 Å². The molecule has 0 saturated carbocycles. The van der Waals surface area contributed by atoms with Crippen LogP contribution in [0.15, 0.2) is 133 Å². The Morgan fingerprint density at radius 3 is 1.63 bits per heavy atom. The molecule has 1 nitrogen and oxygen atoms in total. The molecule has 0 aromatic heterocycles. The summed E-state index contributed by atoms with van der Waals surface area (Å²) in [6.07, 6.45) is 2.18. The van der Waals surface area contributed by atoms with Crippen LogP contribution >= 0.6 is 11.6 Å². The molecule has 0 bridgehead atoms. The Balaban J connectivity index is 1.59. The monoisotopic (exact) mass is 471 g/mol. The number of nitrogens with zero attached hydrogens (tertiary/aromatic N) is 1. The van der Waals surface area contributed by atoms with Crippen molar-refractivity contribution in [1.29, 1.82) is 0 Å². The van der Waals surface area contributed by atoms with Crippen molar-refractivity contribution >= 4 is 40.3 Å². The van der Waals surface area contributed by atoms with Gasteiger partial charge in [-0.15, -0.1) is 0 Å². The first-order valence-electron chi connectivity index (χ1n) is 11.7. The Labute approximate surface area is 212 Å². The summed E-state index contributed by atoms with van der Waals surface area (Å²) >= 11 is 6.92. The lowest BCUT2D eigenvalue weighted by Crippen LogP contribution is -2.09. The van der Waals surface area contributed by atoms with Crippen LogP contribution in [0.5, 0.6) is 0 Å². The topological polar surface area (TPSA) is 3.24 Å². The molecule has 0 heterocycles. The van der Waals surface area contributed by atoms with Gasteiger partial charge in [0.2, 0.25) is 0 Å². The molecule has 0 amide bonds. The first kappa shape index (κ1) is 22.7. The van der Waals surface area contributed by atoms with E-state index < -0.39 is 0 Å². The van der Waals surface area contributed by atoms with Crippen molar-refractivity contribution in [3.8, 4) is 0 Å². The average Bonchev–Trinajstić information content (AvgIpc) is 2.91.